The maximum absolute atomic E-state index is 14.2. The molecule has 234 valence electrons. The van der Waals surface area contributed by atoms with Gasteiger partial charge in [-0.1, -0.05) is 19.1 Å². The summed E-state index contributed by atoms with van der Waals surface area (Å²) in [7, 11) is 4.65. The molecule has 0 radical (unpaired) electrons. The lowest BCUT2D eigenvalue weighted by Gasteiger charge is -2.50. The van der Waals surface area contributed by atoms with E-state index in [0.717, 1.165) is 5.56 Å². The molecule has 0 aromatic heterocycles. The number of likely N-dealkylation sites (N-methyl/N-ethyl adjacent to an activating group) is 1. The maximum atomic E-state index is 14.2. The quantitative estimate of drug-likeness (QED) is 0.283. The summed E-state index contributed by atoms with van der Waals surface area (Å²) in [6, 6.07) is 7.85. The number of halogens is 1. The number of hydrogen-bond donors (Lipinski definition) is 5. The second-order valence-electron chi connectivity index (χ2n) is 12.3. The molecule has 5 atom stereocenters. The van der Waals surface area contributed by atoms with Gasteiger partial charge in [0, 0.05) is 11.5 Å². The molecule has 2 aromatic rings. The third-order valence-corrected chi connectivity index (χ3v) is 9.37. The summed E-state index contributed by atoms with van der Waals surface area (Å²) in [5, 5.41) is 46.2. The Balaban J connectivity index is 1.74. The Labute approximate surface area is 254 Å². The van der Waals surface area contributed by atoms with Crippen molar-refractivity contribution in [3.63, 3.8) is 0 Å². The van der Waals surface area contributed by atoms with Gasteiger partial charge in [0.2, 0.25) is 5.78 Å². The van der Waals surface area contributed by atoms with E-state index in [4.69, 9.17) is 10.5 Å². The molecule has 3 aliphatic rings. The van der Waals surface area contributed by atoms with Crippen LogP contribution >= 0.6 is 0 Å². The number of ether oxygens (including phenoxy) is 1. The van der Waals surface area contributed by atoms with Crippen LogP contribution in [0, 0.1) is 17.8 Å². The number of nitrogens with two attached hydrogens (primary N) is 1. The van der Waals surface area contributed by atoms with Crippen molar-refractivity contribution < 1.29 is 43.9 Å². The predicted molar refractivity (Wildman–Crippen MR) is 160 cm³/mol. The number of carbonyl (C=O) groups is 3. The van der Waals surface area contributed by atoms with Gasteiger partial charge < -0.3 is 30.9 Å². The van der Waals surface area contributed by atoms with E-state index < -0.39 is 64.7 Å². The Bertz CT molecular complexity index is 1610. The van der Waals surface area contributed by atoms with Crippen LogP contribution in [-0.4, -0.2) is 82.3 Å². The van der Waals surface area contributed by atoms with Gasteiger partial charge in [0.25, 0.3) is 5.91 Å². The van der Waals surface area contributed by atoms with Gasteiger partial charge in [-0.2, -0.15) is 0 Å². The summed E-state index contributed by atoms with van der Waals surface area (Å²) in [4.78, 5) is 41.2. The average Bonchev–Trinajstić information content (AvgIpc) is 2.98. The number of hydrogen-bond acceptors (Lipinski definition) is 9. The number of alkyl halides is 1. The van der Waals surface area contributed by atoms with Gasteiger partial charge in [-0.3, -0.25) is 23.7 Å². The van der Waals surface area contributed by atoms with Gasteiger partial charge in [-0.05, 0) is 92.1 Å². The number of aryl methyl sites for hydroxylation is 1. The van der Waals surface area contributed by atoms with Gasteiger partial charge in [0.05, 0.1) is 25.4 Å². The van der Waals surface area contributed by atoms with Crippen LogP contribution < -0.4 is 10.5 Å². The van der Waals surface area contributed by atoms with E-state index in [2.05, 4.69) is 0 Å². The van der Waals surface area contributed by atoms with E-state index >= 15 is 0 Å². The van der Waals surface area contributed by atoms with E-state index in [0.29, 0.717) is 28.9 Å². The largest absolute Gasteiger partial charge is 0.508 e. The number of amides is 1. The fraction of sp³-hybridized carbons (Fsp3) is 0.424. The summed E-state index contributed by atoms with van der Waals surface area (Å²) in [5.74, 6) is -6.64. The Morgan fingerprint density at radius 3 is 2.41 bits per heavy atom. The van der Waals surface area contributed by atoms with Crippen molar-refractivity contribution in [3.05, 3.63) is 63.9 Å². The molecule has 5 rings (SSSR count). The normalized spacial score (nSPS) is 25.5. The summed E-state index contributed by atoms with van der Waals surface area (Å²) >= 11 is 0. The summed E-state index contributed by atoms with van der Waals surface area (Å²) < 4.78 is 18.6. The molecule has 0 spiro atoms. The van der Waals surface area contributed by atoms with Crippen molar-refractivity contribution in [3.8, 4) is 22.6 Å². The molecule has 1 saturated carbocycles. The highest BCUT2D eigenvalue weighted by molar-refractivity contribution is 6.24. The second kappa shape index (κ2) is 11.4. The number of primary amides is 1. The van der Waals surface area contributed by atoms with E-state index in [1.165, 1.54) is 4.90 Å². The number of phenolic OH excluding ortho intramolecular Hbond substituents is 1. The highest BCUT2D eigenvalue weighted by Crippen LogP contribution is 2.54. The summed E-state index contributed by atoms with van der Waals surface area (Å²) in [6.45, 7) is 1.21. The number of carbonyl (C=O) groups excluding carboxylic acids is 3. The van der Waals surface area contributed by atoms with Crippen LogP contribution in [0.25, 0.3) is 16.9 Å². The number of aliphatic hydroxyl groups excluding tert-OH is 2. The zero-order chi connectivity index (χ0) is 32.2. The van der Waals surface area contributed by atoms with Crippen LogP contribution in [0.2, 0.25) is 0 Å². The van der Waals surface area contributed by atoms with Crippen LogP contribution in [0.1, 0.15) is 36.5 Å². The average molecular weight is 609 g/mol. The molecular weight excluding hydrogens is 571 g/mol. The summed E-state index contributed by atoms with van der Waals surface area (Å²) in [6.07, 6.45) is 0.853. The third kappa shape index (κ3) is 4.66. The van der Waals surface area contributed by atoms with E-state index in [1.54, 1.807) is 46.3 Å². The molecule has 0 bridgehead atoms. The van der Waals surface area contributed by atoms with Gasteiger partial charge in [0.15, 0.2) is 11.4 Å². The van der Waals surface area contributed by atoms with Gasteiger partial charge in [0.1, 0.15) is 28.6 Å². The third-order valence-electron chi connectivity index (χ3n) is 9.37. The molecule has 1 fully saturated rings. The SMILES string of the molecule is COc1ccc(-c2cc(CCC(C)CF)c(O)c3c2C[C@H]2C[C@H]4[C@H](N(C)C)C(=O)C(C(N)=O)=C(O)[C@@]4(O)C(=O)C2=C3O)cc1. The molecule has 0 heterocycles. The van der Waals surface area contributed by atoms with Crippen molar-refractivity contribution >= 4 is 23.2 Å². The number of ketones is 2. The molecule has 44 heavy (non-hydrogen) atoms. The fourth-order valence-electron chi connectivity index (χ4n) is 7.07. The topological polar surface area (TPSA) is 171 Å². The van der Waals surface area contributed by atoms with Crippen LogP contribution in [0.4, 0.5) is 4.39 Å². The lowest BCUT2D eigenvalue weighted by atomic mass is 9.57. The number of aliphatic hydroxyl groups is 3. The number of fused-ring (bicyclic) bond motifs is 3. The van der Waals surface area contributed by atoms with Gasteiger partial charge in [-0.25, -0.2) is 0 Å². The van der Waals surface area contributed by atoms with Crippen molar-refractivity contribution in [1.82, 2.24) is 4.90 Å². The highest BCUT2D eigenvalue weighted by atomic mass is 19.1. The number of benzene rings is 2. The van der Waals surface area contributed by atoms with Crippen LogP contribution in [0.5, 0.6) is 11.5 Å². The molecule has 3 aliphatic carbocycles. The predicted octanol–water partition coefficient (Wildman–Crippen LogP) is 3.18. The van der Waals surface area contributed by atoms with Crippen molar-refractivity contribution in [2.45, 2.75) is 44.2 Å². The Morgan fingerprint density at radius 1 is 1.18 bits per heavy atom. The van der Waals surface area contributed by atoms with Crippen LogP contribution in [0.15, 0.2) is 47.2 Å². The molecule has 0 aliphatic heterocycles. The van der Waals surface area contributed by atoms with Crippen molar-refractivity contribution in [2.24, 2.45) is 23.5 Å². The van der Waals surface area contributed by atoms with Gasteiger partial charge >= 0.3 is 0 Å². The molecule has 1 amide bonds. The lowest BCUT2D eigenvalue weighted by Crippen LogP contribution is -2.65. The number of nitrogens with zero attached hydrogens (tertiary/aromatic N) is 1. The van der Waals surface area contributed by atoms with E-state index in [9.17, 15) is 39.2 Å². The Hall–Kier alpha value is -4.22. The molecule has 2 aromatic carbocycles. The first-order valence-electron chi connectivity index (χ1n) is 14.5. The van der Waals surface area contributed by atoms with Crippen LogP contribution in [-0.2, 0) is 27.2 Å². The number of methoxy groups -OCH3 is 1. The molecular formula is C33H37FN2O8. The molecule has 10 nitrogen and oxygen atoms in total. The zero-order valence-corrected chi connectivity index (χ0v) is 25.1. The summed E-state index contributed by atoms with van der Waals surface area (Å²) in [5.41, 5.74) is 4.05. The Kier molecular flexibility index (Phi) is 8.06. The minimum absolute atomic E-state index is 0.00958. The molecule has 1 unspecified atom stereocenters. The molecule has 6 N–H and O–H groups in total. The van der Waals surface area contributed by atoms with Crippen molar-refractivity contribution in [1.29, 1.82) is 0 Å². The number of rotatable bonds is 8. The second-order valence-corrected chi connectivity index (χ2v) is 12.3. The van der Waals surface area contributed by atoms with Crippen molar-refractivity contribution in [2.75, 3.05) is 27.9 Å². The number of Topliss-reactive ketones (excluding diaryl/α,β-unsaturated/α-hetero) is 2. The van der Waals surface area contributed by atoms with Gasteiger partial charge in [-0.15, -0.1) is 0 Å². The smallest absolute Gasteiger partial charge is 0.255 e. The number of aromatic hydroxyl groups is 1. The highest BCUT2D eigenvalue weighted by Gasteiger charge is 2.64. The number of phenols is 1. The first kappa shape index (κ1) is 31.2. The minimum atomic E-state index is -2.72. The Morgan fingerprint density at radius 2 is 1.84 bits per heavy atom. The van der Waals surface area contributed by atoms with E-state index in [1.807, 2.05) is 12.1 Å². The lowest BCUT2D eigenvalue weighted by molar-refractivity contribution is -0.153. The maximum Gasteiger partial charge on any atom is 0.255 e. The van der Waals surface area contributed by atoms with Crippen LogP contribution in [0.3, 0.4) is 0 Å². The zero-order valence-electron chi connectivity index (χ0n) is 25.1. The first-order chi connectivity index (χ1) is 20.8. The molecule has 0 saturated heterocycles. The standard InChI is InChI=1S/C33H37FN2O8/c1-15(14-34)5-6-17-11-20(16-7-9-19(44-4)10-8-16)21-12-18-13-22-26(36(2)3)29(39)25(32(35)42)31(41)33(22,43)30(40)23(18)28(38)24(21)27(17)37/h7-11,15,18,22,26,37-38,41,43H,5-6,12-14H2,1-4H3,(H2,35,42)/t15?,18-,22-,26-,33-/m0/s1. The fourth-order valence-corrected chi connectivity index (χ4v) is 7.07. The first-order valence-corrected chi connectivity index (χ1v) is 14.5. The minimum Gasteiger partial charge on any atom is -0.508 e. The monoisotopic (exact) mass is 608 g/mol. The van der Waals surface area contributed by atoms with E-state index in [-0.39, 0.29) is 42.1 Å². The molecule has 11 heteroatoms.